The molecular weight excluding hydrogens is 112 g/mol. The Morgan fingerprint density at radius 2 is 2.00 bits per heavy atom. The molecule has 5 N–H and O–H groups in total. The van der Waals surface area contributed by atoms with Gasteiger partial charge in [-0.25, -0.2) is 0 Å². The molecule has 0 spiro atoms. The first-order valence-electron chi connectivity index (χ1n) is 2.61. The molecule has 1 rings (SSSR count). The highest BCUT2D eigenvalue weighted by Gasteiger charge is 1.81. The molecular formula is C7H12N2. The lowest BCUT2D eigenvalue weighted by atomic mass is 10.2. The zero-order chi connectivity index (χ0) is 5.98. The largest absolute Gasteiger partial charge is 0.399 e. The van der Waals surface area contributed by atoms with Crippen molar-refractivity contribution in [3.05, 3.63) is 29.8 Å². The number of anilines is 1. The second-order valence-corrected chi connectivity index (χ2v) is 1.91. The number of hydrogen-bond acceptors (Lipinski definition) is 2. The summed E-state index contributed by atoms with van der Waals surface area (Å²) in [5.74, 6) is 0. The summed E-state index contributed by atoms with van der Waals surface area (Å²) >= 11 is 0. The molecule has 0 saturated heterocycles. The van der Waals surface area contributed by atoms with Crippen LogP contribution in [0.4, 0.5) is 5.69 Å². The molecule has 1 aromatic rings. The number of rotatable bonds is 0. The van der Waals surface area contributed by atoms with Gasteiger partial charge in [0.05, 0.1) is 0 Å². The number of aryl methyl sites for hydroxylation is 1. The van der Waals surface area contributed by atoms with Crippen molar-refractivity contribution >= 4 is 5.69 Å². The smallest absolute Gasteiger partial charge is 0.0316 e. The Hall–Kier alpha value is -1.02. The van der Waals surface area contributed by atoms with Crippen LogP contribution in [0.3, 0.4) is 0 Å². The minimum Gasteiger partial charge on any atom is -0.399 e. The van der Waals surface area contributed by atoms with E-state index in [0.717, 1.165) is 5.69 Å². The molecule has 0 unspecified atom stereocenters. The zero-order valence-electron chi connectivity index (χ0n) is 5.59. The van der Waals surface area contributed by atoms with Crippen LogP contribution in [0.25, 0.3) is 0 Å². The molecule has 0 aliphatic carbocycles. The lowest BCUT2D eigenvalue weighted by Crippen LogP contribution is -1.82. The highest BCUT2D eigenvalue weighted by atomic mass is 14.5. The molecule has 0 aromatic heterocycles. The maximum absolute atomic E-state index is 5.46. The molecule has 2 nitrogen and oxygen atoms in total. The van der Waals surface area contributed by atoms with Crippen molar-refractivity contribution in [1.82, 2.24) is 6.15 Å². The maximum atomic E-state index is 5.46. The lowest BCUT2D eigenvalue weighted by Gasteiger charge is -1.91. The van der Waals surface area contributed by atoms with E-state index in [-0.39, 0.29) is 6.15 Å². The van der Waals surface area contributed by atoms with Crippen molar-refractivity contribution in [2.24, 2.45) is 0 Å². The third-order valence-corrected chi connectivity index (χ3v) is 1.04. The Kier molecular flexibility index (Phi) is 2.74. The number of hydrogen-bond donors (Lipinski definition) is 2. The lowest BCUT2D eigenvalue weighted by molar-refractivity contribution is 1.47. The minimum atomic E-state index is 0. The summed E-state index contributed by atoms with van der Waals surface area (Å²) in [4.78, 5) is 0. The molecule has 9 heavy (non-hydrogen) atoms. The van der Waals surface area contributed by atoms with E-state index in [1.54, 1.807) is 0 Å². The summed E-state index contributed by atoms with van der Waals surface area (Å²) in [6.07, 6.45) is 0. The van der Waals surface area contributed by atoms with Gasteiger partial charge in [0.25, 0.3) is 0 Å². The molecule has 0 saturated carbocycles. The summed E-state index contributed by atoms with van der Waals surface area (Å²) in [5, 5.41) is 0. The summed E-state index contributed by atoms with van der Waals surface area (Å²) in [7, 11) is 0. The molecule has 0 fully saturated rings. The predicted octanol–water partition coefficient (Wildman–Crippen LogP) is 1.74. The van der Waals surface area contributed by atoms with Gasteiger partial charge in [0.15, 0.2) is 0 Å². The molecule has 0 amide bonds. The van der Waals surface area contributed by atoms with Crippen LogP contribution in [0, 0.1) is 6.92 Å². The van der Waals surface area contributed by atoms with Crippen molar-refractivity contribution in [2.75, 3.05) is 5.73 Å². The van der Waals surface area contributed by atoms with Crippen LogP contribution in [-0.4, -0.2) is 0 Å². The number of nitrogens with two attached hydrogens (primary N) is 1. The minimum absolute atomic E-state index is 0. The van der Waals surface area contributed by atoms with Crippen molar-refractivity contribution in [3.63, 3.8) is 0 Å². The van der Waals surface area contributed by atoms with Gasteiger partial charge in [-0.2, -0.15) is 0 Å². The Morgan fingerprint density at radius 1 is 1.33 bits per heavy atom. The van der Waals surface area contributed by atoms with E-state index in [2.05, 4.69) is 0 Å². The fraction of sp³-hybridized carbons (Fsp3) is 0.143. The van der Waals surface area contributed by atoms with Gasteiger partial charge in [0.1, 0.15) is 0 Å². The van der Waals surface area contributed by atoms with E-state index in [1.165, 1.54) is 5.56 Å². The first kappa shape index (κ1) is 7.98. The first-order valence-corrected chi connectivity index (χ1v) is 2.61. The molecule has 0 bridgehead atoms. The normalized spacial score (nSPS) is 8.11. The highest BCUT2D eigenvalue weighted by molar-refractivity contribution is 5.39. The molecule has 0 heterocycles. The Bertz CT molecular complexity index is 167. The Labute approximate surface area is 55.3 Å². The van der Waals surface area contributed by atoms with Crippen molar-refractivity contribution < 1.29 is 0 Å². The van der Waals surface area contributed by atoms with Gasteiger partial charge in [-0.15, -0.1) is 0 Å². The standard InChI is InChI=1S/C7H9N.H3N/c1-6-3-2-4-7(8)5-6;/h2-5H,8H2,1H3;1H3. The number of benzene rings is 1. The molecule has 0 aliphatic rings. The maximum Gasteiger partial charge on any atom is 0.0316 e. The first-order chi connectivity index (χ1) is 3.79. The Morgan fingerprint density at radius 3 is 2.33 bits per heavy atom. The third-order valence-electron chi connectivity index (χ3n) is 1.04. The van der Waals surface area contributed by atoms with Gasteiger partial charge >= 0.3 is 0 Å². The summed E-state index contributed by atoms with van der Waals surface area (Å²) in [6.45, 7) is 2.02. The van der Waals surface area contributed by atoms with Crippen molar-refractivity contribution in [3.8, 4) is 0 Å². The average molecular weight is 124 g/mol. The van der Waals surface area contributed by atoms with Gasteiger partial charge in [-0.05, 0) is 24.6 Å². The van der Waals surface area contributed by atoms with E-state index in [4.69, 9.17) is 5.73 Å². The SMILES string of the molecule is Cc1cccc(N)c1.N. The van der Waals surface area contributed by atoms with E-state index < -0.39 is 0 Å². The fourth-order valence-electron chi connectivity index (χ4n) is 0.670. The van der Waals surface area contributed by atoms with Gasteiger partial charge in [-0.3, -0.25) is 0 Å². The summed E-state index contributed by atoms with van der Waals surface area (Å²) < 4.78 is 0. The van der Waals surface area contributed by atoms with Crippen LogP contribution in [0.2, 0.25) is 0 Å². The monoisotopic (exact) mass is 124 g/mol. The van der Waals surface area contributed by atoms with E-state index in [9.17, 15) is 0 Å². The van der Waals surface area contributed by atoms with Crippen molar-refractivity contribution in [2.45, 2.75) is 6.92 Å². The second kappa shape index (κ2) is 3.10. The topological polar surface area (TPSA) is 61.0 Å². The summed E-state index contributed by atoms with van der Waals surface area (Å²) in [6, 6.07) is 7.80. The second-order valence-electron chi connectivity index (χ2n) is 1.91. The van der Waals surface area contributed by atoms with Crippen LogP contribution in [-0.2, 0) is 0 Å². The van der Waals surface area contributed by atoms with Crippen LogP contribution < -0.4 is 11.9 Å². The zero-order valence-corrected chi connectivity index (χ0v) is 5.59. The van der Waals surface area contributed by atoms with E-state index in [1.807, 2.05) is 31.2 Å². The van der Waals surface area contributed by atoms with Gasteiger partial charge in [0, 0.05) is 5.69 Å². The fourth-order valence-corrected chi connectivity index (χ4v) is 0.670. The molecule has 0 atom stereocenters. The Balaban J connectivity index is 0.000000640. The van der Waals surface area contributed by atoms with Crippen LogP contribution >= 0.6 is 0 Å². The molecule has 50 valence electrons. The molecule has 2 heteroatoms. The van der Waals surface area contributed by atoms with Crippen molar-refractivity contribution in [1.29, 1.82) is 0 Å². The summed E-state index contributed by atoms with van der Waals surface area (Å²) in [5.41, 5.74) is 7.51. The average Bonchev–Trinajstić information content (AvgIpc) is 1.64. The third kappa shape index (κ3) is 2.15. The highest BCUT2D eigenvalue weighted by Crippen LogP contribution is 2.03. The van der Waals surface area contributed by atoms with Crippen LogP contribution in [0.5, 0.6) is 0 Å². The van der Waals surface area contributed by atoms with Crippen LogP contribution in [0.15, 0.2) is 24.3 Å². The number of nitrogen functional groups attached to an aromatic ring is 1. The van der Waals surface area contributed by atoms with Gasteiger partial charge in [-0.1, -0.05) is 12.1 Å². The van der Waals surface area contributed by atoms with E-state index >= 15 is 0 Å². The van der Waals surface area contributed by atoms with E-state index in [0.29, 0.717) is 0 Å². The van der Waals surface area contributed by atoms with Crippen LogP contribution in [0.1, 0.15) is 5.56 Å². The molecule has 0 radical (unpaired) electrons. The van der Waals surface area contributed by atoms with Gasteiger partial charge in [0.2, 0.25) is 0 Å². The predicted molar refractivity (Wildman–Crippen MR) is 40.6 cm³/mol. The van der Waals surface area contributed by atoms with Gasteiger partial charge < -0.3 is 11.9 Å². The molecule has 0 aliphatic heterocycles. The quantitative estimate of drug-likeness (QED) is 0.517. The molecule has 1 aromatic carbocycles.